The third-order valence-corrected chi connectivity index (χ3v) is 3.64. The van der Waals surface area contributed by atoms with E-state index in [1.807, 2.05) is 13.0 Å². The Balaban J connectivity index is 2.98. The van der Waals surface area contributed by atoms with E-state index in [4.69, 9.17) is 4.55 Å². The molecule has 5 heteroatoms. The highest BCUT2D eigenvalue weighted by Gasteiger charge is 2.14. The van der Waals surface area contributed by atoms with Crippen molar-refractivity contribution in [2.45, 2.75) is 16.7 Å². The van der Waals surface area contributed by atoms with Crippen molar-refractivity contribution in [3.05, 3.63) is 35.9 Å². The quantitative estimate of drug-likeness (QED) is 0.607. The van der Waals surface area contributed by atoms with Gasteiger partial charge in [-0.15, -0.1) is 12.6 Å². The molecule has 0 unspecified atom stereocenters. The highest BCUT2D eigenvalue weighted by atomic mass is 32.2. The summed E-state index contributed by atoms with van der Waals surface area (Å²) in [6, 6.07) is 8.30. The Morgan fingerprint density at radius 1 is 1.19 bits per heavy atom. The molecule has 0 aliphatic carbocycles. The minimum Gasteiger partial charge on any atom is -0.282 e. The maximum Gasteiger partial charge on any atom is 0.295 e. The predicted molar refractivity (Wildman–Crippen MR) is 65.8 cm³/mol. The van der Waals surface area contributed by atoms with Crippen molar-refractivity contribution in [1.82, 2.24) is 0 Å². The van der Waals surface area contributed by atoms with Crippen LogP contribution >= 0.6 is 12.6 Å². The predicted octanol–water partition coefficient (Wildman–Crippen LogP) is 2.68. The van der Waals surface area contributed by atoms with Gasteiger partial charge in [0.25, 0.3) is 10.1 Å². The molecule has 3 nitrogen and oxygen atoms in total. The average Bonchev–Trinajstić information content (AvgIpc) is 2.15. The van der Waals surface area contributed by atoms with Crippen LogP contribution in [0.4, 0.5) is 0 Å². The van der Waals surface area contributed by atoms with Crippen LogP contribution in [0.15, 0.2) is 40.1 Å². The van der Waals surface area contributed by atoms with Gasteiger partial charge in [-0.2, -0.15) is 8.42 Å². The number of hydrogen-bond acceptors (Lipinski definition) is 3. The monoisotopic (exact) mass is 254 g/mol. The fraction of sp³-hybridized carbons (Fsp3) is 0.0909. The highest BCUT2D eigenvalue weighted by molar-refractivity contribution is 7.86. The first-order valence-electron chi connectivity index (χ1n) is 4.59. The zero-order valence-electron chi connectivity index (χ0n) is 8.51. The summed E-state index contributed by atoms with van der Waals surface area (Å²) >= 11 is 4.29. The number of hydrogen-bond donors (Lipinski definition) is 2. The lowest BCUT2D eigenvalue weighted by atomic mass is 10.1. The molecule has 2 rings (SSSR count). The van der Waals surface area contributed by atoms with Crippen LogP contribution in [0.25, 0.3) is 10.8 Å². The maximum absolute atomic E-state index is 11.2. The van der Waals surface area contributed by atoms with Gasteiger partial charge in [-0.1, -0.05) is 12.1 Å². The molecule has 0 fully saturated rings. The molecule has 0 atom stereocenters. The molecule has 16 heavy (non-hydrogen) atoms. The van der Waals surface area contributed by atoms with Gasteiger partial charge in [-0.25, -0.2) is 0 Å². The first-order valence-corrected chi connectivity index (χ1v) is 6.48. The highest BCUT2D eigenvalue weighted by Crippen LogP contribution is 2.28. The molecule has 0 amide bonds. The Morgan fingerprint density at radius 3 is 2.50 bits per heavy atom. The van der Waals surface area contributed by atoms with Crippen molar-refractivity contribution < 1.29 is 13.0 Å². The summed E-state index contributed by atoms with van der Waals surface area (Å²) < 4.78 is 31.5. The standard InChI is InChI=1S/C11H10O3S2/c1-7-5-9-8(10(15)6-7)3-2-4-11(9)16(12,13)14/h2-6,15H,1H3,(H,12,13,14). The Bertz CT molecular complexity index is 660. The van der Waals surface area contributed by atoms with Crippen molar-refractivity contribution in [2.75, 3.05) is 0 Å². The van der Waals surface area contributed by atoms with Crippen molar-refractivity contribution in [3.8, 4) is 0 Å². The fourth-order valence-corrected chi connectivity index (χ4v) is 2.80. The molecule has 0 saturated heterocycles. The third-order valence-electron chi connectivity index (χ3n) is 2.36. The van der Waals surface area contributed by atoms with E-state index < -0.39 is 10.1 Å². The molecule has 2 aromatic carbocycles. The summed E-state index contributed by atoms with van der Waals surface area (Å²) in [5.74, 6) is 0. The van der Waals surface area contributed by atoms with E-state index in [1.165, 1.54) is 6.07 Å². The van der Waals surface area contributed by atoms with E-state index in [0.717, 1.165) is 5.56 Å². The summed E-state index contributed by atoms with van der Waals surface area (Å²) in [6.07, 6.45) is 0. The number of rotatable bonds is 1. The fourth-order valence-electron chi connectivity index (χ4n) is 1.70. The molecule has 84 valence electrons. The van der Waals surface area contributed by atoms with Crippen molar-refractivity contribution >= 4 is 33.5 Å². The SMILES string of the molecule is Cc1cc(S)c2cccc(S(=O)(=O)O)c2c1. The number of aryl methyl sites for hydroxylation is 1. The summed E-state index contributed by atoms with van der Waals surface area (Å²) in [7, 11) is -4.20. The van der Waals surface area contributed by atoms with Crippen LogP contribution in [0, 0.1) is 6.92 Å². The Morgan fingerprint density at radius 2 is 1.88 bits per heavy atom. The minimum atomic E-state index is -4.20. The number of fused-ring (bicyclic) bond motifs is 1. The molecule has 1 N–H and O–H groups in total. The van der Waals surface area contributed by atoms with Gasteiger partial charge in [0.2, 0.25) is 0 Å². The molecule has 2 aromatic rings. The molecule has 0 saturated carbocycles. The van der Waals surface area contributed by atoms with Gasteiger partial charge in [0, 0.05) is 10.3 Å². The second kappa shape index (κ2) is 3.76. The first kappa shape index (κ1) is 11.4. The molecule has 0 aliphatic heterocycles. The van der Waals surface area contributed by atoms with Crippen LogP contribution in [-0.4, -0.2) is 13.0 Å². The van der Waals surface area contributed by atoms with Crippen molar-refractivity contribution in [1.29, 1.82) is 0 Å². The summed E-state index contributed by atoms with van der Waals surface area (Å²) in [6.45, 7) is 1.85. The van der Waals surface area contributed by atoms with E-state index >= 15 is 0 Å². The summed E-state index contributed by atoms with van der Waals surface area (Å²) in [5, 5.41) is 1.21. The Kier molecular flexibility index (Phi) is 2.69. The lowest BCUT2D eigenvalue weighted by Gasteiger charge is -2.07. The molecule has 0 aliphatic rings. The zero-order chi connectivity index (χ0) is 11.9. The molecular formula is C11H10O3S2. The van der Waals surface area contributed by atoms with E-state index in [1.54, 1.807) is 18.2 Å². The summed E-state index contributed by atoms with van der Waals surface area (Å²) in [5.41, 5.74) is 0.897. The van der Waals surface area contributed by atoms with E-state index in [-0.39, 0.29) is 4.90 Å². The maximum atomic E-state index is 11.2. The van der Waals surface area contributed by atoms with Crippen molar-refractivity contribution in [2.24, 2.45) is 0 Å². The van der Waals surface area contributed by atoms with Gasteiger partial charge >= 0.3 is 0 Å². The van der Waals surface area contributed by atoms with Crippen LogP contribution in [0.2, 0.25) is 0 Å². The van der Waals surface area contributed by atoms with Crippen LogP contribution in [0.5, 0.6) is 0 Å². The van der Waals surface area contributed by atoms with Gasteiger partial charge in [0.1, 0.15) is 4.90 Å². The van der Waals surface area contributed by atoms with Gasteiger partial charge in [-0.3, -0.25) is 4.55 Å². The van der Waals surface area contributed by atoms with E-state index in [9.17, 15) is 8.42 Å². The molecular weight excluding hydrogens is 244 g/mol. The third kappa shape index (κ3) is 1.93. The van der Waals surface area contributed by atoms with Gasteiger partial charge < -0.3 is 0 Å². The van der Waals surface area contributed by atoms with Crippen molar-refractivity contribution in [3.63, 3.8) is 0 Å². The van der Waals surface area contributed by atoms with Gasteiger partial charge in [0.15, 0.2) is 0 Å². The number of benzene rings is 2. The number of thiol groups is 1. The lowest BCUT2D eigenvalue weighted by Crippen LogP contribution is -1.99. The lowest BCUT2D eigenvalue weighted by molar-refractivity contribution is 0.484. The Hall–Kier alpha value is -1.04. The molecule has 0 spiro atoms. The second-order valence-corrected chi connectivity index (χ2v) is 5.48. The summed E-state index contributed by atoms with van der Waals surface area (Å²) in [4.78, 5) is 0.615. The largest absolute Gasteiger partial charge is 0.295 e. The topological polar surface area (TPSA) is 54.4 Å². The molecule has 0 bridgehead atoms. The molecule has 0 radical (unpaired) electrons. The first-order chi connectivity index (χ1) is 7.39. The van der Waals surface area contributed by atoms with Gasteiger partial charge in [-0.05, 0) is 36.1 Å². The van der Waals surface area contributed by atoms with Crippen LogP contribution in [-0.2, 0) is 10.1 Å². The van der Waals surface area contributed by atoms with Gasteiger partial charge in [0.05, 0.1) is 0 Å². The zero-order valence-corrected chi connectivity index (χ0v) is 10.2. The van der Waals surface area contributed by atoms with Crippen LogP contribution in [0.3, 0.4) is 0 Å². The molecule has 0 heterocycles. The van der Waals surface area contributed by atoms with Crippen LogP contribution < -0.4 is 0 Å². The second-order valence-electron chi connectivity index (χ2n) is 3.61. The normalized spacial score (nSPS) is 11.9. The van der Waals surface area contributed by atoms with E-state index in [0.29, 0.717) is 15.7 Å². The smallest absolute Gasteiger partial charge is 0.282 e. The van der Waals surface area contributed by atoms with E-state index in [2.05, 4.69) is 12.6 Å². The molecule has 0 aromatic heterocycles. The van der Waals surface area contributed by atoms with Crippen LogP contribution in [0.1, 0.15) is 5.56 Å². The minimum absolute atomic E-state index is 0.0796. The Labute approximate surface area is 99.3 Å². The average molecular weight is 254 g/mol.